The molecule has 2 heterocycles. The van der Waals surface area contributed by atoms with Crippen LogP contribution in [0.2, 0.25) is 0 Å². The SMILES string of the molecule is c1cc(-c2cccc(-c3cccc4c(-c5cccc6c5sc5ccccc56)cccc34)c2)cc(-c2ccc3c(c2)c2ccccc2c2nccnc32)c1. The Kier molecular flexibility index (Phi) is 6.76. The monoisotopic (exact) mass is 690 g/mol. The van der Waals surface area contributed by atoms with Gasteiger partial charge in [0.2, 0.25) is 0 Å². The molecule has 0 unspecified atom stereocenters. The summed E-state index contributed by atoms with van der Waals surface area (Å²) in [5.74, 6) is 0. The second-order valence-electron chi connectivity index (χ2n) is 13.7. The van der Waals surface area contributed by atoms with Crippen molar-refractivity contribution in [2.45, 2.75) is 0 Å². The number of hydrogen-bond acceptors (Lipinski definition) is 3. The Bertz CT molecular complexity index is 3210. The van der Waals surface area contributed by atoms with Crippen molar-refractivity contribution in [3.05, 3.63) is 182 Å². The molecule has 0 N–H and O–H groups in total. The van der Waals surface area contributed by atoms with Gasteiger partial charge >= 0.3 is 0 Å². The van der Waals surface area contributed by atoms with E-state index in [1.165, 1.54) is 86.2 Å². The molecular weight excluding hydrogens is 661 g/mol. The fraction of sp³-hybridized carbons (Fsp3) is 0. The van der Waals surface area contributed by atoms with Gasteiger partial charge in [0.15, 0.2) is 0 Å². The molecule has 11 rings (SSSR count). The van der Waals surface area contributed by atoms with Gasteiger partial charge in [0.05, 0.1) is 11.0 Å². The number of aromatic nitrogens is 2. The summed E-state index contributed by atoms with van der Waals surface area (Å²) in [6.45, 7) is 0. The maximum Gasteiger partial charge on any atom is 0.0971 e. The lowest BCUT2D eigenvalue weighted by atomic mass is 9.91. The van der Waals surface area contributed by atoms with Gasteiger partial charge in [0.25, 0.3) is 0 Å². The molecule has 11 aromatic rings. The molecule has 0 bridgehead atoms. The lowest BCUT2D eigenvalue weighted by Crippen LogP contribution is -1.89. The normalized spacial score (nSPS) is 11.8. The van der Waals surface area contributed by atoms with Crippen molar-refractivity contribution >= 4 is 74.9 Å². The van der Waals surface area contributed by atoms with Gasteiger partial charge in [0.1, 0.15) is 0 Å². The third kappa shape index (κ3) is 4.78. The van der Waals surface area contributed by atoms with Gasteiger partial charge in [-0.1, -0.05) is 146 Å². The molecule has 2 aromatic heterocycles. The van der Waals surface area contributed by atoms with E-state index in [2.05, 4.69) is 170 Å². The zero-order chi connectivity index (χ0) is 34.9. The minimum atomic E-state index is 0.941. The number of rotatable bonds is 4. The average Bonchev–Trinajstić information content (AvgIpc) is 3.62. The predicted octanol–water partition coefficient (Wildman–Crippen LogP) is 14.1. The molecule has 0 amide bonds. The molecule has 0 saturated heterocycles. The summed E-state index contributed by atoms with van der Waals surface area (Å²) in [5, 5.41) is 9.82. The zero-order valence-corrected chi connectivity index (χ0v) is 29.4. The summed E-state index contributed by atoms with van der Waals surface area (Å²) in [5.41, 5.74) is 11.6. The van der Waals surface area contributed by atoms with Gasteiger partial charge in [-0.3, -0.25) is 9.97 Å². The van der Waals surface area contributed by atoms with Gasteiger partial charge in [-0.05, 0) is 84.8 Å². The first-order valence-corrected chi connectivity index (χ1v) is 18.8. The maximum absolute atomic E-state index is 4.75. The summed E-state index contributed by atoms with van der Waals surface area (Å²) in [6.07, 6.45) is 3.56. The van der Waals surface area contributed by atoms with Crippen molar-refractivity contribution in [2.24, 2.45) is 0 Å². The summed E-state index contributed by atoms with van der Waals surface area (Å²) < 4.78 is 2.67. The minimum absolute atomic E-state index is 0.941. The molecule has 0 atom stereocenters. The van der Waals surface area contributed by atoms with E-state index in [9.17, 15) is 0 Å². The Morgan fingerprint density at radius 3 is 1.57 bits per heavy atom. The Labute approximate surface area is 310 Å². The quantitative estimate of drug-likeness (QED) is 0.172. The van der Waals surface area contributed by atoms with Crippen LogP contribution in [0.1, 0.15) is 0 Å². The van der Waals surface area contributed by atoms with Gasteiger partial charge < -0.3 is 0 Å². The Hall–Kier alpha value is -6.68. The summed E-state index contributed by atoms with van der Waals surface area (Å²) in [7, 11) is 0. The molecule has 9 aromatic carbocycles. The topological polar surface area (TPSA) is 25.8 Å². The molecule has 3 heteroatoms. The van der Waals surface area contributed by atoms with Crippen LogP contribution in [0.25, 0.3) is 108 Å². The molecule has 0 radical (unpaired) electrons. The highest BCUT2D eigenvalue weighted by Crippen LogP contribution is 2.43. The highest BCUT2D eigenvalue weighted by Gasteiger charge is 2.15. The number of hydrogen-bond donors (Lipinski definition) is 0. The molecule has 0 spiro atoms. The second-order valence-corrected chi connectivity index (χ2v) is 14.8. The Morgan fingerprint density at radius 1 is 0.302 bits per heavy atom. The molecule has 0 aliphatic rings. The van der Waals surface area contributed by atoms with Crippen LogP contribution in [0, 0.1) is 0 Å². The third-order valence-corrected chi connectivity index (χ3v) is 12.0. The van der Waals surface area contributed by atoms with Gasteiger partial charge in [-0.25, -0.2) is 0 Å². The Balaban J connectivity index is 1.01. The Morgan fingerprint density at radius 2 is 0.811 bits per heavy atom. The van der Waals surface area contributed by atoms with Crippen LogP contribution in [-0.4, -0.2) is 9.97 Å². The molecule has 2 nitrogen and oxygen atoms in total. The van der Waals surface area contributed by atoms with Crippen molar-refractivity contribution in [1.29, 1.82) is 0 Å². The maximum atomic E-state index is 4.75. The number of fused-ring (bicyclic) bond motifs is 10. The standard InChI is InChI=1S/C50H30N2S/c1-2-16-42-40(14-1)46-30-34(24-25-43(46)49-48(42)51-26-27-52-49)32-11-5-10-31(28-32)33-12-6-13-35(29-33)36-17-7-19-38-37(36)18-8-20-39(38)44-21-9-22-45-41-15-3-4-23-47(41)53-50(44)45/h1-30H. The van der Waals surface area contributed by atoms with Crippen LogP contribution >= 0.6 is 11.3 Å². The second kappa shape index (κ2) is 11.9. The van der Waals surface area contributed by atoms with Crippen LogP contribution in [0.4, 0.5) is 0 Å². The molecule has 0 aliphatic carbocycles. The molecule has 0 fully saturated rings. The van der Waals surface area contributed by atoms with Crippen molar-refractivity contribution < 1.29 is 0 Å². The van der Waals surface area contributed by atoms with E-state index in [0.29, 0.717) is 0 Å². The first kappa shape index (κ1) is 30.0. The van der Waals surface area contributed by atoms with Crippen molar-refractivity contribution in [1.82, 2.24) is 9.97 Å². The van der Waals surface area contributed by atoms with Crippen molar-refractivity contribution in [3.63, 3.8) is 0 Å². The lowest BCUT2D eigenvalue weighted by Gasteiger charge is -2.14. The molecule has 246 valence electrons. The fourth-order valence-electron chi connectivity index (χ4n) is 8.31. The van der Waals surface area contributed by atoms with Crippen LogP contribution in [-0.2, 0) is 0 Å². The van der Waals surface area contributed by atoms with Crippen molar-refractivity contribution in [3.8, 4) is 44.5 Å². The van der Waals surface area contributed by atoms with E-state index < -0.39 is 0 Å². The van der Waals surface area contributed by atoms with E-state index in [4.69, 9.17) is 9.97 Å². The number of benzene rings is 9. The highest BCUT2D eigenvalue weighted by molar-refractivity contribution is 7.26. The van der Waals surface area contributed by atoms with Crippen LogP contribution in [0.5, 0.6) is 0 Å². The van der Waals surface area contributed by atoms with E-state index in [1.54, 1.807) is 12.4 Å². The average molecular weight is 691 g/mol. The number of thiophene rings is 1. The first-order valence-electron chi connectivity index (χ1n) is 18.0. The van der Waals surface area contributed by atoms with Gasteiger partial charge in [0, 0.05) is 48.9 Å². The summed E-state index contributed by atoms with van der Waals surface area (Å²) >= 11 is 1.89. The lowest BCUT2D eigenvalue weighted by molar-refractivity contribution is 1.31. The van der Waals surface area contributed by atoms with Crippen molar-refractivity contribution in [2.75, 3.05) is 0 Å². The van der Waals surface area contributed by atoms with E-state index >= 15 is 0 Å². The smallest absolute Gasteiger partial charge is 0.0971 e. The molecular formula is C50H30N2S. The highest BCUT2D eigenvalue weighted by atomic mass is 32.1. The predicted molar refractivity (Wildman–Crippen MR) is 227 cm³/mol. The van der Waals surface area contributed by atoms with Crippen LogP contribution < -0.4 is 0 Å². The summed E-state index contributed by atoms with van der Waals surface area (Å²) in [6, 6.07) is 62.1. The molecule has 53 heavy (non-hydrogen) atoms. The molecule has 0 saturated carbocycles. The zero-order valence-electron chi connectivity index (χ0n) is 28.6. The van der Waals surface area contributed by atoms with Crippen LogP contribution in [0.3, 0.4) is 0 Å². The van der Waals surface area contributed by atoms with Crippen LogP contribution in [0.15, 0.2) is 182 Å². The molecule has 0 aliphatic heterocycles. The van der Waals surface area contributed by atoms with Gasteiger partial charge in [-0.2, -0.15) is 0 Å². The first-order chi connectivity index (χ1) is 26.3. The van der Waals surface area contributed by atoms with Gasteiger partial charge in [-0.15, -0.1) is 11.3 Å². The van der Waals surface area contributed by atoms with E-state index in [-0.39, 0.29) is 0 Å². The van der Waals surface area contributed by atoms with E-state index in [0.717, 1.165) is 21.8 Å². The largest absolute Gasteiger partial charge is 0.252 e. The summed E-state index contributed by atoms with van der Waals surface area (Å²) in [4.78, 5) is 9.45. The minimum Gasteiger partial charge on any atom is -0.252 e. The fourth-order valence-corrected chi connectivity index (χ4v) is 9.54. The third-order valence-electron chi connectivity index (χ3n) is 10.8. The number of nitrogens with zero attached hydrogens (tertiary/aromatic N) is 2. The van der Waals surface area contributed by atoms with E-state index in [1.807, 2.05) is 11.3 Å².